The van der Waals surface area contributed by atoms with Gasteiger partial charge in [0.15, 0.2) is 0 Å². The average Bonchev–Trinajstić information content (AvgIpc) is 2.14. The number of nitrogens with one attached hydrogen (secondary N) is 3. The standard InChI is InChI=1S/C9H15N3O3/c1-6(13)10-4-5-11-7-2-3-8(14)12-9(7)15/h7,11H,2-5H2,1H3,(H,10,13)(H,12,14,15). The van der Waals surface area contributed by atoms with Crippen molar-refractivity contribution >= 4 is 17.7 Å². The van der Waals surface area contributed by atoms with Crippen LogP contribution in [-0.2, 0) is 14.4 Å². The van der Waals surface area contributed by atoms with Crippen LogP contribution in [-0.4, -0.2) is 36.9 Å². The zero-order valence-corrected chi connectivity index (χ0v) is 8.63. The van der Waals surface area contributed by atoms with Crippen LogP contribution in [0.2, 0.25) is 0 Å². The summed E-state index contributed by atoms with van der Waals surface area (Å²) in [5.41, 5.74) is 0. The molecule has 84 valence electrons. The molecule has 1 heterocycles. The van der Waals surface area contributed by atoms with Crippen molar-refractivity contribution in [1.29, 1.82) is 0 Å². The number of hydrogen-bond donors (Lipinski definition) is 3. The lowest BCUT2D eigenvalue weighted by Crippen LogP contribution is -2.51. The van der Waals surface area contributed by atoms with Gasteiger partial charge in [0, 0.05) is 26.4 Å². The first kappa shape index (κ1) is 11.6. The molecule has 15 heavy (non-hydrogen) atoms. The fraction of sp³-hybridized carbons (Fsp3) is 0.667. The van der Waals surface area contributed by atoms with Crippen LogP contribution in [0.15, 0.2) is 0 Å². The second-order valence-electron chi connectivity index (χ2n) is 3.44. The Morgan fingerprint density at radius 1 is 1.47 bits per heavy atom. The molecule has 0 bridgehead atoms. The highest BCUT2D eigenvalue weighted by atomic mass is 16.2. The first-order valence-electron chi connectivity index (χ1n) is 4.91. The van der Waals surface area contributed by atoms with Crippen molar-refractivity contribution in [3.63, 3.8) is 0 Å². The van der Waals surface area contributed by atoms with Crippen molar-refractivity contribution in [1.82, 2.24) is 16.0 Å². The predicted molar refractivity (Wildman–Crippen MR) is 52.9 cm³/mol. The summed E-state index contributed by atoms with van der Waals surface area (Å²) in [6.45, 7) is 2.44. The van der Waals surface area contributed by atoms with Crippen LogP contribution >= 0.6 is 0 Å². The van der Waals surface area contributed by atoms with Gasteiger partial charge in [0.25, 0.3) is 0 Å². The van der Waals surface area contributed by atoms with Crippen LogP contribution in [0.25, 0.3) is 0 Å². The number of hydrogen-bond acceptors (Lipinski definition) is 4. The topological polar surface area (TPSA) is 87.3 Å². The van der Waals surface area contributed by atoms with Crippen LogP contribution in [0.4, 0.5) is 0 Å². The van der Waals surface area contributed by atoms with Gasteiger partial charge in [-0.15, -0.1) is 0 Å². The third-order valence-electron chi connectivity index (χ3n) is 2.13. The Morgan fingerprint density at radius 2 is 2.20 bits per heavy atom. The Hall–Kier alpha value is -1.43. The Bertz CT molecular complexity index is 278. The summed E-state index contributed by atoms with van der Waals surface area (Å²) < 4.78 is 0. The molecule has 1 unspecified atom stereocenters. The molecule has 1 aliphatic rings. The maximum absolute atomic E-state index is 11.3. The number of carbonyl (C=O) groups excluding carboxylic acids is 3. The van der Waals surface area contributed by atoms with Crippen LogP contribution in [0, 0.1) is 0 Å². The molecular formula is C9H15N3O3. The van der Waals surface area contributed by atoms with Gasteiger partial charge in [-0.05, 0) is 6.42 Å². The first-order chi connectivity index (χ1) is 7.09. The van der Waals surface area contributed by atoms with E-state index in [-0.39, 0.29) is 23.8 Å². The Morgan fingerprint density at radius 3 is 2.80 bits per heavy atom. The van der Waals surface area contributed by atoms with Crippen molar-refractivity contribution in [3.8, 4) is 0 Å². The predicted octanol–water partition coefficient (Wildman–Crippen LogP) is -1.48. The van der Waals surface area contributed by atoms with E-state index in [0.29, 0.717) is 25.9 Å². The van der Waals surface area contributed by atoms with Gasteiger partial charge in [-0.2, -0.15) is 0 Å². The molecule has 1 saturated heterocycles. The molecule has 0 spiro atoms. The molecule has 1 rings (SSSR count). The quantitative estimate of drug-likeness (QED) is 0.392. The number of piperidine rings is 1. The van der Waals surface area contributed by atoms with E-state index in [9.17, 15) is 14.4 Å². The minimum absolute atomic E-state index is 0.0972. The molecule has 0 radical (unpaired) electrons. The van der Waals surface area contributed by atoms with Crippen molar-refractivity contribution in [2.45, 2.75) is 25.8 Å². The molecule has 0 aromatic carbocycles. The SMILES string of the molecule is CC(=O)NCCNC1CCC(=O)NC1=O. The van der Waals surface area contributed by atoms with Crippen LogP contribution in [0.3, 0.4) is 0 Å². The maximum atomic E-state index is 11.3. The van der Waals surface area contributed by atoms with Crippen molar-refractivity contribution in [2.24, 2.45) is 0 Å². The van der Waals surface area contributed by atoms with Gasteiger partial charge >= 0.3 is 0 Å². The van der Waals surface area contributed by atoms with E-state index in [1.54, 1.807) is 0 Å². The molecule has 6 heteroatoms. The zero-order chi connectivity index (χ0) is 11.3. The molecule has 1 fully saturated rings. The van der Waals surface area contributed by atoms with Gasteiger partial charge in [0.1, 0.15) is 0 Å². The molecule has 0 aliphatic carbocycles. The lowest BCUT2D eigenvalue weighted by atomic mass is 10.1. The van der Waals surface area contributed by atoms with Gasteiger partial charge in [0.05, 0.1) is 6.04 Å². The van der Waals surface area contributed by atoms with E-state index in [1.807, 2.05) is 0 Å². The number of rotatable bonds is 4. The minimum Gasteiger partial charge on any atom is -0.355 e. The summed E-state index contributed by atoms with van der Waals surface area (Å²) >= 11 is 0. The maximum Gasteiger partial charge on any atom is 0.243 e. The summed E-state index contributed by atoms with van der Waals surface area (Å²) in [4.78, 5) is 32.6. The fourth-order valence-corrected chi connectivity index (χ4v) is 1.37. The highest BCUT2D eigenvalue weighted by molar-refractivity contribution is 6.00. The van der Waals surface area contributed by atoms with Crippen LogP contribution in [0.5, 0.6) is 0 Å². The van der Waals surface area contributed by atoms with E-state index < -0.39 is 0 Å². The smallest absolute Gasteiger partial charge is 0.243 e. The van der Waals surface area contributed by atoms with E-state index in [2.05, 4.69) is 16.0 Å². The van der Waals surface area contributed by atoms with E-state index in [0.717, 1.165) is 0 Å². The molecule has 0 saturated carbocycles. The second-order valence-corrected chi connectivity index (χ2v) is 3.44. The number of imide groups is 1. The van der Waals surface area contributed by atoms with Crippen molar-refractivity contribution in [2.75, 3.05) is 13.1 Å². The van der Waals surface area contributed by atoms with Crippen LogP contribution < -0.4 is 16.0 Å². The van der Waals surface area contributed by atoms with Gasteiger partial charge in [-0.1, -0.05) is 0 Å². The summed E-state index contributed by atoms with van der Waals surface area (Å²) in [5.74, 6) is -0.603. The number of amides is 3. The second kappa shape index (κ2) is 5.45. The zero-order valence-electron chi connectivity index (χ0n) is 8.63. The summed E-state index contributed by atoms with van der Waals surface area (Å²) in [6, 6.07) is -0.323. The molecule has 0 aromatic heterocycles. The van der Waals surface area contributed by atoms with Gasteiger partial charge in [0.2, 0.25) is 17.7 Å². The van der Waals surface area contributed by atoms with Crippen LogP contribution in [0.1, 0.15) is 19.8 Å². The van der Waals surface area contributed by atoms with E-state index >= 15 is 0 Å². The average molecular weight is 213 g/mol. The first-order valence-corrected chi connectivity index (χ1v) is 4.91. The molecular weight excluding hydrogens is 198 g/mol. The Kier molecular flexibility index (Phi) is 4.23. The highest BCUT2D eigenvalue weighted by Gasteiger charge is 2.25. The van der Waals surface area contributed by atoms with E-state index in [4.69, 9.17) is 0 Å². The Labute approximate surface area is 87.8 Å². The highest BCUT2D eigenvalue weighted by Crippen LogP contribution is 2.03. The molecule has 1 aliphatic heterocycles. The normalized spacial score (nSPS) is 21.0. The van der Waals surface area contributed by atoms with Crippen molar-refractivity contribution < 1.29 is 14.4 Å². The molecule has 1 atom stereocenters. The summed E-state index contributed by atoms with van der Waals surface area (Å²) in [6.07, 6.45) is 0.883. The molecule has 3 N–H and O–H groups in total. The Balaban J connectivity index is 2.18. The van der Waals surface area contributed by atoms with Gasteiger partial charge in [-0.25, -0.2) is 0 Å². The number of carbonyl (C=O) groups is 3. The molecule has 0 aromatic rings. The van der Waals surface area contributed by atoms with Crippen molar-refractivity contribution in [3.05, 3.63) is 0 Å². The summed E-state index contributed by atoms with van der Waals surface area (Å²) in [5, 5.41) is 7.83. The third kappa shape index (κ3) is 4.07. The summed E-state index contributed by atoms with van der Waals surface area (Å²) in [7, 11) is 0. The monoisotopic (exact) mass is 213 g/mol. The van der Waals surface area contributed by atoms with E-state index in [1.165, 1.54) is 6.92 Å². The third-order valence-corrected chi connectivity index (χ3v) is 2.13. The molecule has 6 nitrogen and oxygen atoms in total. The van der Waals surface area contributed by atoms with Gasteiger partial charge < -0.3 is 10.6 Å². The lowest BCUT2D eigenvalue weighted by molar-refractivity contribution is -0.134. The largest absolute Gasteiger partial charge is 0.355 e. The molecule has 3 amide bonds. The lowest BCUT2D eigenvalue weighted by Gasteiger charge is -2.21. The minimum atomic E-state index is -0.323. The fourth-order valence-electron chi connectivity index (χ4n) is 1.37. The van der Waals surface area contributed by atoms with Gasteiger partial charge in [-0.3, -0.25) is 19.7 Å².